The van der Waals surface area contributed by atoms with Crippen molar-refractivity contribution in [1.29, 1.82) is 0 Å². The van der Waals surface area contributed by atoms with Crippen LogP contribution in [-0.4, -0.2) is 30.1 Å². The van der Waals surface area contributed by atoms with E-state index < -0.39 is 0 Å². The Morgan fingerprint density at radius 2 is 2.30 bits per heavy atom. The number of hydrogen-bond donors (Lipinski definition) is 2. The van der Waals surface area contributed by atoms with Crippen LogP contribution in [-0.2, 0) is 4.74 Å². The molecular formula is C15H22N2O3. The highest BCUT2D eigenvalue weighted by Crippen LogP contribution is 2.26. The van der Waals surface area contributed by atoms with Crippen molar-refractivity contribution in [3.8, 4) is 0 Å². The summed E-state index contributed by atoms with van der Waals surface area (Å²) in [5, 5.41) is 2.85. The molecule has 0 spiro atoms. The van der Waals surface area contributed by atoms with E-state index in [0.717, 1.165) is 18.7 Å². The normalized spacial score (nSPS) is 22.2. The molecule has 1 saturated heterocycles. The minimum absolute atomic E-state index is 0.163. The Labute approximate surface area is 118 Å². The zero-order chi connectivity index (χ0) is 14.7. The minimum atomic E-state index is -0.319. The van der Waals surface area contributed by atoms with Gasteiger partial charge in [0.05, 0.1) is 6.10 Å². The van der Waals surface area contributed by atoms with Gasteiger partial charge >= 0.3 is 0 Å². The first-order valence-corrected chi connectivity index (χ1v) is 7.08. The monoisotopic (exact) mass is 278 g/mol. The van der Waals surface area contributed by atoms with Crippen LogP contribution in [0.25, 0.3) is 0 Å². The molecular weight excluding hydrogens is 256 g/mol. The maximum absolute atomic E-state index is 12.0. The average Bonchev–Trinajstić information content (AvgIpc) is 2.84. The summed E-state index contributed by atoms with van der Waals surface area (Å²) in [6.45, 7) is 7.32. The zero-order valence-corrected chi connectivity index (χ0v) is 12.2. The number of H-pyrrole nitrogens is 1. The predicted molar refractivity (Wildman–Crippen MR) is 76.8 cm³/mol. The molecule has 5 nitrogen and oxygen atoms in total. The summed E-state index contributed by atoms with van der Waals surface area (Å²) in [6, 6.07) is 1.44. The van der Waals surface area contributed by atoms with E-state index in [1.807, 2.05) is 0 Å². The maximum atomic E-state index is 12.0. The Kier molecular flexibility index (Phi) is 4.60. The number of aryl methyl sites for hydroxylation is 1. The fourth-order valence-corrected chi connectivity index (χ4v) is 2.68. The predicted octanol–water partition coefficient (Wildman–Crippen LogP) is 1.47. The Morgan fingerprint density at radius 3 is 2.95 bits per heavy atom. The number of nitrogens with one attached hydrogen (secondary N) is 2. The number of hydrogen-bond acceptors (Lipinski definition) is 3. The molecule has 2 rings (SSSR count). The summed E-state index contributed by atoms with van der Waals surface area (Å²) in [5.41, 5.74) is 0.660. The van der Waals surface area contributed by atoms with Gasteiger partial charge in [-0.25, -0.2) is 0 Å². The van der Waals surface area contributed by atoms with Crippen LogP contribution in [0.15, 0.2) is 17.1 Å². The summed E-state index contributed by atoms with van der Waals surface area (Å²) < 4.78 is 5.69. The van der Waals surface area contributed by atoms with Crippen molar-refractivity contribution in [1.82, 2.24) is 10.3 Å². The first-order chi connectivity index (χ1) is 9.49. The van der Waals surface area contributed by atoms with Crippen molar-refractivity contribution in [2.75, 3.05) is 13.2 Å². The van der Waals surface area contributed by atoms with Crippen molar-refractivity contribution in [2.45, 2.75) is 33.3 Å². The Hall–Kier alpha value is -1.62. The standard InChI is InChI=1S/C15H22N2O3/c1-9(2)14-11(4-5-20-14)7-17-15(19)12-8-16-10(3)6-13(12)18/h6,8-9,11,14H,4-5,7H2,1-3H3,(H,16,18)(H,17,19)/t11-,14-/m1/s1. The summed E-state index contributed by atoms with van der Waals surface area (Å²) >= 11 is 0. The molecule has 2 heterocycles. The number of carbonyl (C=O) groups is 1. The van der Waals surface area contributed by atoms with E-state index in [0.29, 0.717) is 18.4 Å². The summed E-state index contributed by atoms with van der Waals surface area (Å²) in [6.07, 6.45) is 2.61. The lowest BCUT2D eigenvalue weighted by molar-refractivity contribution is 0.0533. The van der Waals surface area contributed by atoms with Gasteiger partial charge in [0.25, 0.3) is 5.91 Å². The van der Waals surface area contributed by atoms with Gasteiger partial charge in [0.2, 0.25) is 0 Å². The minimum Gasteiger partial charge on any atom is -0.378 e. The Balaban J connectivity index is 1.97. The van der Waals surface area contributed by atoms with E-state index in [1.54, 1.807) is 6.92 Å². The van der Waals surface area contributed by atoms with Crippen LogP contribution in [0.2, 0.25) is 0 Å². The highest BCUT2D eigenvalue weighted by molar-refractivity contribution is 5.93. The van der Waals surface area contributed by atoms with Crippen molar-refractivity contribution < 1.29 is 9.53 Å². The smallest absolute Gasteiger partial charge is 0.256 e. The summed E-state index contributed by atoms with van der Waals surface area (Å²) in [4.78, 5) is 26.7. The number of amides is 1. The van der Waals surface area contributed by atoms with Gasteiger partial charge in [0, 0.05) is 37.0 Å². The molecule has 110 valence electrons. The van der Waals surface area contributed by atoms with Crippen LogP contribution in [0.3, 0.4) is 0 Å². The van der Waals surface area contributed by atoms with E-state index in [2.05, 4.69) is 24.1 Å². The molecule has 5 heteroatoms. The van der Waals surface area contributed by atoms with Gasteiger partial charge in [-0.3, -0.25) is 9.59 Å². The second kappa shape index (κ2) is 6.22. The van der Waals surface area contributed by atoms with Gasteiger partial charge in [-0.05, 0) is 19.3 Å². The molecule has 1 aromatic rings. The van der Waals surface area contributed by atoms with Gasteiger partial charge in [0.1, 0.15) is 5.56 Å². The van der Waals surface area contributed by atoms with Gasteiger partial charge in [-0.2, -0.15) is 0 Å². The number of ether oxygens (including phenoxy) is 1. The molecule has 1 aliphatic heterocycles. The lowest BCUT2D eigenvalue weighted by atomic mass is 9.93. The summed E-state index contributed by atoms with van der Waals surface area (Å²) in [5.74, 6) is 0.436. The Bertz CT molecular complexity index is 536. The number of aromatic amines is 1. The zero-order valence-electron chi connectivity index (χ0n) is 12.2. The van der Waals surface area contributed by atoms with E-state index in [9.17, 15) is 9.59 Å². The summed E-state index contributed by atoms with van der Waals surface area (Å²) in [7, 11) is 0. The number of aromatic nitrogens is 1. The lowest BCUT2D eigenvalue weighted by Crippen LogP contribution is -2.36. The lowest BCUT2D eigenvalue weighted by Gasteiger charge is -2.22. The van der Waals surface area contributed by atoms with Gasteiger partial charge < -0.3 is 15.0 Å². The van der Waals surface area contributed by atoms with Crippen molar-refractivity contribution in [2.24, 2.45) is 11.8 Å². The van der Waals surface area contributed by atoms with Crippen LogP contribution in [0.4, 0.5) is 0 Å². The average molecular weight is 278 g/mol. The van der Waals surface area contributed by atoms with Crippen LogP contribution in [0.1, 0.15) is 36.3 Å². The van der Waals surface area contributed by atoms with E-state index in [4.69, 9.17) is 4.74 Å². The van der Waals surface area contributed by atoms with Gasteiger partial charge in [0.15, 0.2) is 5.43 Å². The second-order valence-electron chi connectivity index (χ2n) is 5.73. The molecule has 0 unspecified atom stereocenters. The molecule has 1 amide bonds. The van der Waals surface area contributed by atoms with Crippen molar-refractivity contribution >= 4 is 5.91 Å². The first-order valence-electron chi connectivity index (χ1n) is 7.08. The fraction of sp³-hybridized carbons (Fsp3) is 0.600. The molecule has 0 aliphatic carbocycles. The molecule has 1 aliphatic rings. The molecule has 0 saturated carbocycles. The van der Waals surface area contributed by atoms with Crippen molar-refractivity contribution in [3.63, 3.8) is 0 Å². The molecule has 1 aromatic heterocycles. The van der Waals surface area contributed by atoms with Crippen LogP contribution in [0.5, 0.6) is 0 Å². The third-order valence-electron chi connectivity index (χ3n) is 3.75. The SMILES string of the molecule is Cc1cc(=O)c(C(=O)NC[C@H]2CCO[C@@H]2C(C)C)c[nH]1. The van der Waals surface area contributed by atoms with E-state index >= 15 is 0 Å². The van der Waals surface area contributed by atoms with Crippen LogP contribution >= 0.6 is 0 Å². The Morgan fingerprint density at radius 1 is 1.55 bits per heavy atom. The molecule has 2 N–H and O–H groups in total. The highest BCUT2D eigenvalue weighted by atomic mass is 16.5. The highest BCUT2D eigenvalue weighted by Gasteiger charge is 2.30. The van der Waals surface area contributed by atoms with Crippen LogP contribution < -0.4 is 10.7 Å². The topological polar surface area (TPSA) is 71.2 Å². The largest absolute Gasteiger partial charge is 0.378 e. The van der Waals surface area contributed by atoms with E-state index in [-0.39, 0.29) is 23.0 Å². The first kappa shape index (κ1) is 14.8. The quantitative estimate of drug-likeness (QED) is 0.876. The number of rotatable bonds is 4. The third kappa shape index (κ3) is 3.28. The molecule has 0 radical (unpaired) electrons. The molecule has 20 heavy (non-hydrogen) atoms. The van der Waals surface area contributed by atoms with E-state index in [1.165, 1.54) is 12.3 Å². The van der Waals surface area contributed by atoms with Crippen molar-refractivity contribution in [3.05, 3.63) is 33.7 Å². The number of pyridine rings is 1. The van der Waals surface area contributed by atoms with Crippen LogP contribution in [0, 0.1) is 18.8 Å². The van der Waals surface area contributed by atoms with Gasteiger partial charge in [-0.1, -0.05) is 13.8 Å². The second-order valence-corrected chi connectivity index (χ2v) is 5.73. The fourth-order valence-electron chi connectivity index (χ4n) is 2.68. The number of carbonyl (C=O) groups excluding carboxylic acids is 1. The van der Waals surface area contributed by atoms with Gasteiger partial charge in [-0.15, -0.1) is 0 Å². The maximum Gasteiger partial charge on any atom is 0.256 e. The third-order valence-corrected chi connectivity index (χ3v) is 3.75. The molecule has 0 aromatic carbocycles. The molecule has 1 fully saturated rings. The molecule has 0 bridgehead atoms. The molecule has 2 atom stereocenters.